The van der Waals surface area contributed by atoms with Gasteiger partial charge in [0.2, 0.25) is 0 Å². The Morgan fingerprint density at radius 1 is 1.31 bits per heavy atom. The highest BCUT2D eigenvalue weighted by Gasteiger charge is 2.11. The summed E-state index contributed by atoms with van der Waals surface area (Å²) in [5.74, 6) is 0.682. The zero-order chi connectivity index (χ0) is 11.4. The molecule has 2 aromatic rings. The predicted molar refractivity (Wildman–Crippen MR) is 59.5 cm³/mol. The van der Waals surface area contributed by atoms with E-state index < -0.39 is 0 Å². The lowest BCUT2D eigenvalue weighted by Gasteiger charge is -2.06. The highest BCUT2D eigenvalue weighted by atomic mass is 16.5. The van der Waals surface area contributed by atoms with Crippen molar-refractivity contribution in [3.8, 4) is 11.5 Å². The van der Waals surface area contributed by atoms with Gasteiger partial charge in [0, 0.05) is 30.5 Å². The van der Waals surface area contributed by atoms with Crippen LogP contribution in [0.15, 0.2) is 29.3 Å². The molecule has 1 N–H and O–H groups in total. The van der Waals surface area contributed by atoms with E-state index in [-0.39, 0.29) is 0 Å². The fraction of sp³-hybridized carbons (Fsp3) is 0.364. The molecule has 0 saturated carbocycles. The summed E-state index contributed by atoms with van der Waals surface area (Å²) in [6, 6.07) is 0.421. The van der Waals surface area contributed by atoms with Crippen LogP contribution in [-0.2, 0) is 6.54 Å². The molecule has 5 heteroatoms. The van der Waals surface area contributed by atoms with Gasteiger partial charge in [-0.15, -0.1) is 0 Å². The molecule has 0 aromatic carbocycles. The number of hydrogen-bond donors (Lipinski definition) is 1. The van der Waals surface area contributed by atoms with Crippen LogP contribution in [0.25, 0.3) is 11.5 Å². The molecule has 0 spiro atoms. The lowest BCUT2D eigenvalue weighted by atomic mass is 10.2. The van der Waals surface area contributed by atoms with Gasteiger partial charge in [0.1, 0.15) is 5.69 Å². The van der Waals surface area contributed by atoms with Crippen molar-refractivity contribution in [1.29, 1.82) is 0 Å². The van der Waals surface area contributed by atoms with E-state index in [0.717, 1.165) is 5.56 Å². The summed E-state index contributed by atoms with van der Waals surface area (Å²) >= 11 is 0. The first-order chi connectivity index (χ1) is 7.77. The van der Waals surface area contributed by atoms with Crippen molar-refractivity contribution in [3.05, 3.63) is 30.4 Å². The van der Waals surface area contributed by atoms with Gasteiger partial charge in [-0.05, 0) is 0 Å². The zero-order valence-electron chi connectivity index (χ0n) is 9.34. The van der Waals surface area contributed by atoms with Crippen LogP contribution in [0.4, 0.5) is 0 Å². The summed E-state index contributed by atoms with van der Waals surface area (Å²) in [7, 11) is 0. The van der Waals surface area contributed by atoms with E-state index in [1.54, 1.807) is 24.8 Å². The minimum atomic E-state index is 0.421. The zero-order valence-corrected chi connectivity index (χ0v) is 9.34. The van der Waals surface area contributed by atoms with E-state index in [0.29, 0.717) is 24.0 Å². The molecule has 0 aliphatic rings. The first-order valence-electron chi connectivity index (χ1n) is 5.20. The Morgan fingerprint density at radius 2 is 2.19 bits per heavy atom. The average molecular weight is 218 g/mol. The van der Waals surface area contributed by atoms with Crippen LogP contribution in [0, 0.1) is 0 Å². The molecule has 2 aromatic heterocycles. The molecule has 2 rings (SSSR count). The largest absolute Gasteiger partial charge is 0.354 e. The molecule has 2 heterocycles. The SMILES string of the molecule is CC(C)NCc1cnoc1-c1cnccn1. The summed E-state index contributed by atoms with van der Waals surface area (Å²) in [4.78, 5) is 8.19. The molecule has 0 saturated heterocycles. The van der Waals surface area contributed by atoms with Crippen molar-refractivity contribution in [2.75, 3.05) is 0 Å². The minimum absolute atomic E-state index is 0.421. The molecule has 0 fully saturated rings. The highest BCUT2D eigenvalue weighted by molar-refractivity contribution is 5.54. The van der Waals surface area contributed by atoms with Crippen molar-refractivity contribution in [2.24, 2.45) is 0 Å². The van der Waals surface area contributed by atoms with Crippen LogP contribution in [0.3, 0.4) is 0 Å². The third kappa shape index (κ3) is 2.43. The predicted octanol–water partition coefficient (Wildman–Crippen LogP) is 1.63. The molecule has 0 unspecified atom stereocenters. The Balaban J connectivity index is 2.19. The summed E-state index contributed by atoms with van der Waals surface area (Å²) in [5, 5.41) is 7.10. The summed E-state index contributed by atoms with van der Waals surface area (Å²) in [6.45, 7) is 4.90. The Kier molecular flexibility index (Phi) is 3.26. The molecule has 0 atom stereocenters. The van der Waals surface area contributed by atoms with Crippen molar-refractivity contribution in [2.45, 2.75) is 26.4 Å². The van der Waals surface area contributed by atoms with Gasteiger partial charge < -0.3 is 9.84 Å². The van der Waals surface area contributed by atoms with Crippen molar-refractivity contribution in [3.63, 3.8) is 0 Å². The van der Waals surface area contributed by atoms with Crippen LogP contribution in [-0.4, -0.2) is 21.2 Å². The Labute approximate surface area is 93.9 Å². The van der Waals surface area contributed by atoms with Crippen LogP contribution in [0.2, 0.25) is 0 Å². The van der Waals surface area contributed by atoms with E-state index in [9.17, 15) is 0 Å². The topological polar surface area (TPSA) is 63.8 Å². The van der Waals surface area contributed by atoms with Gasteiger partial charge in [-0.2, -0.15) is 0 Å². The summed E-state index contributed by atoms with van der Waals surface area (Å²) in [6.07, 6.45) is 6.64. The number of aromatic nitrogens is 3. The first-order valence-corrected chi connectivity index (χ1v) is 5.20. The molecule has 5 nitrogen and oxygen atoms in total. The van der Waals surface area contributed by atoms with Crippen molar-refractivity contribution in [1.82, 2.24) is 20.4 Å². The second-order valence-electron chi connectivity index (χ2n) is 3.81. The molecule has 0 amide bonds. The Bertz CT molecular complexity index is 438. The summed E-state index contributed by atoms with van der Waals surface area (Å²) < 4.78 is 5.19. The van der Waals surface area contributed by atoms with Gasteiger partial charge in [-0.3, -0.25) is 4.98 Å². The van der Waals surface area contributed by atoms with E-state index in [4.69, 9.17) is 4.52 Å². The lowest BCUT2D eigenvalue weighted by molar-refractivity contribution is 0.429. The third-order valence-electron chi connectivity index (χ3n) is 2.14. The highest BCUT2D eigenvalue weighted by Crippen LogP contribution is 2.20. The van der Waals surface area contributed by atoms with Gasteiger partial charge in [0.25, 0.3) is 0 Å². The maximum absolute atomic E-state index is 5.19. The molecule has 0 aliphatic heterocycles. The second-order valence-corrected chi connectivity index (χ2v) is 3.81. The van der Waals surface area contributed by atoms with Crippen LogP contribution in [0.5, 0.6) is 0 Å². The molecular formula is C11H14N4O. The van der Waals surface area contributed by atoms with Crippen molar-refractivity contribution >= 4 is 0 Å². The van der Waals surface area contributed by atoms with E-state index in [1.165, 1.54) is 0 Å². The van der Waals surface area contributed by atoms with Gasteiger partial charge >= 0.3 is 0 Å². The molecule has 84 valence electrons. The number of rotatable bonds is 4. The standard InChI is InChI=1S/C11H14N4O/c1-8(2)14-5-9-6-15-16-11(9)10-7-12-3-4-13-10/h3-4,6-8,14H,5H2,1-2H3. The van der Waals surface area contributed by atoms with Gasteiger partial charge in [0.05, 0.1) is 12.4 Å². The fourth-order valence-corrected chi connectivity index (χ4v) is 1.33. The first kappa shape index (κ1) is 10.8. The van der Waals surface area contributed by atoms with E-state index >= 15 is 0 Å². The average Bonchev–Trinajstić information content (AvgIpc) is 2.75. The van der Waals surface area contributed by atoms with Gasteiger partial charge in [-0.1, -0.05) is 19.0 Å². The number of nitrogens with one attached hydrogen (secondary N) is 1. The molecule has 0 radical (unpaired) electrons. The quantitative estimate of drug-likeness (QED) is 0.845. The molecular weight excluding hydrogens is 204 g/mol. The Hall–Kier alpha value is -1.75. The van der Waals surface area contributed by atoms with Crippen LogP contribution in [0.1, 0.15) is 19.4 Å². The maximum atomic E-state index is 5.19. The Morgan fingerprint density at radius 3 is 2.88 bits per heavy atom. The second kappa shape index (κ2) is 4.85. The molecule has 0 aliphatic carbocycles. The van der Waals surface area contributed by atoms with Crippen LogP contribution >= 0.6 is 0 Å². The lowest BCUT2D eigenvalue weighted by Crippen LogP contribution is -2.21. The molecule has 16 heavy (non-hydrogen) atoms. The molecule has 0 bridgehead atoms. The van der Waals surface area contributed by atoms with E-state index in [2.05, 4.69) is 34.3 Å². The smallest absolute Gasteiger partial charge is 0.191 e. The maximum Gasteiger partial charge on any atom is 0.191 e. The van der Waals surface area contributed by atoms with E-state index in [1.807, 2.05) is 0 Å². The third-order valence-corrected chi connectivity index (χ3v) is 2.14. The van der Waals surface area contributed by atoms with Crippen molar-refractivity contribution < 1.29 is 4.52 Å². The summed E-state index contributed by atoms with van der Waals surface area (Å²) in [5.41, 5.74) is 1.70. The minimum Gasteiger partial charge on any atom is -0.354 e. The van der Waals surface area contributed by atoms with Crippen LogP contribution < -0.4 is 5.32 Å². The van der Waals surface area contributed by atoms with Gasteiger partial charge in [0.15, 0.2) is 5.76 Å². The number of nitrogens with zero attached hydrogens (tertiary/aromatic N) is 3. The fourth-order valence-electron chi connectivity index (χ4n) is 1.33. The normalized spacial score (nSPS) is 10.9. The number of hydrogen-bond acceptors (Lipinski definition) is 5. The monoisotopic (exact) mass is 218 g/mol. The van der Waals surface area contributed by atoms with Gasteiger partial charge in [-0.25, -0.2) is 4.98 Å².